The van der Waals surface area contributed by atoms with Gasteiger partial charge in [0.15, 0.2) is 0 Å². The van der Waals surface area contributed by atoms with Gasteiger partial charge in [-0.2, -0.15) is 0 Å². The summed E-state index contributed by atoms with van der Waals surface area (Å²) in [6.07, 6.45) is 0. The van der Waals surface area contributed by atoms with Gasteiger partial charge in [-0.3, -0.25) is 14.9 Å². The van der Waals surface area contributed by atoms with Crippen LogP contribution in [0.15, 0.2) is 18.2 Å². The predicted octanol–water partition coefficient (Wildman–Crippen LogP) is 1.52. The van der Waals surface area contributed by atoms with Crippen molar-refractivity contribution in [3.05, 3.63) is 39.4 Å². The first-order chi connectivity index (χ1) is 8.85. The number of rotatable bonds is 4. The van der Waals surface area contributed by atoms with E-state index in [4.69, 9.17) is 0 Å². The van der Waals surface area contributed by atoms with E-state index in [1.807, 2.05) is 0 Å². The molecule has 0 saturated heterocycles. The highest BCUT2D eigenvalue weighted by atomic mass is 16.6. The number of nitro benzene ring substituents is 1. The molecule has 102 valence electrons. The largest absolute Gasteiger partial charge is 0.465 e. The van der Waals surface area contributed by atoms with Crippen LogP contribution in [0.25, 0.3) is 0 Å². The van der Waals surface area contributed by atoms with Gasteiger partial charge in [-0.05, 0) is 19.9 Å². The fourth-order valence-corrected chi connectivity index (χ4v) is 1.43. The first-order valence-corrected chi connectivity index (χ1v) is 5.53. The molecule has 7 nitrogen and oxygen atoms in total. The van der Waals surface area contributed by atoms with Gasteiger partial charge in [-0.1, -0.05) is 0 Å². The molecule has 1 N–H and O–H groups in total. The van der Waals surface area contributed by atoms with E-state index in [0.29, 0.717) is 0 Å². The van der Waals surface area contributed by atoms with E-state index in [0.717, 1.165) is 19.2 Å². The topological polar surface area (TPSA) is 98.5 Å². The molecule has 0 aliphatic rings. The minimum Gasteiger partial charge on any atom is -0.465 e. The number of carbonyl (C=O) groups excluding carboxylic acids is 2. The van der Waals surface area contributed by atoms with Crippen molar-refractivity contribution in [3.63, 3.8) is 0 Å². The van der Waals surface area contributed by atoms with E-state index in [9.17, 15) is 19.7 Å². The van der Waals surface area contributed by atoms with Crippen molar-refractivity contribution in [3.8, 4) is 0 Å². The van der Waals surface area contributed by atoms with Crippen LogP contribution in [0.5, 0.6) is 0 Å². The van der Waals surface area contributed by atoms with Gasteiger partial charge in [0.2, 0.25) is 0 Å². The maximum absolute atomic E-state index is 11.8. The Morgan fingerprint density at radius 1 is 1.26 bits per heavy atom. The highest BCUT2D eigenvalue weighted by Gasteiger charge is 2.18. The maximum atomic E-state index is 11.8. The normalized spacial score (nSPS) is 10.1. The monoisotopic (exact) mass is 266 g/mol. The Hall–Kier alpha value is -2.44. The number of hydrogen-bond acceptors (Lipinski definition) is 5. The number of hydrogen-bond donors (Lipinski definition) is 1. The van der Waals surface area contributed by atoms with E-state index in [1.54, 1.807) is 13.8 Å². The molecule has 0 heterocycles. The Balaban J connectivity index is 3.24. The smallest absolute Gasteiger partial charge is 0.338 e. The Morgan fingerprint density at radius 3 is 2.32 bits per heavy atom. The second-order valence-corrected chi connectivity index (χ2v) is 4.15. The molecule has 19 heavy (non-hydrogen) atoms. The Labute approximate surface area is 109 Å². The second kappa shape index (κ2) is 5.94. The van der Waals surface area contributed by atoms with Gasteiger partial charge in [-0.15, -0.1) is 0 Å². The van der Waals surface area contributed by atoms with Crippen LogP contribution in [-0.2, 0) is 4.74 Å². The number of benzene rings is 1. The summed E-state index contributed by atoms with van der Waals surface area (Å²) in [6.45, 7) is 3.52. The summed E-state index contributed by atoms with van der Waals surface area (Å²) in [6, 6.07) is 3.33. The lowest BCUT2D eigenvalue weighted by molar-refractivity contribution is -0.384. The highest BCUT2D eigenvalue weighted by Crippen LogP contribution is 2.18. The lowest BCUT2D eigenvalue weighted by Crippen LogP contribution is -2.30. The zero-order valence-electron chi connectivity index (χ0n) is 10.8. The SMILES string of the molecule is COC(=O)c1cc(C(=O)NC(C)C)cc([N+](=O)[O-])c1. The third-order valence-electron chi connectivity index (χ3n) is 2.23. The van der Waals surface area contributed by atoms with Crippen molar-refractivity contribution in [1.82, 2.24) is 5.32 Å². The van der Waals surface area contributed by atoms with Gasteiger partial charge in [0, 0.05) is 23.7 Å². The van der Waals surface area contributed by atoms with E-state index in [-0.39, 0.29) is 22.9 Å². The molecule has 0 aliphatic carbocycles. The number of esters is 1. The van der Waals surface area contributed by atoms with Gasteiger partial charge < -0.3 is 10.1 Å². The summed E-state index contributed by atoms with van der Waals surface area (Å²) in [5, 5.41) is 13.4. The fraction of sp³-hybridized carbons (Fsp3) is 0.333. The van der Waals surface area contributed by atoms with Crippen LogP contribution < -0.4 is 5.32 Å². The summed E-state index contributed by atoms with van der Waals surface area (Å²) in [7, 11) is 1.16. The average Bonchev–Trinajstić information content (AvgIpc) is 2.36. The molecule has 1 aromatic carbocycles. The molecule has 0 atom stereocenters. The van der Waals surface area contributed by atoms with Gasteiger partial charge in [0.25, 0.3) is 11.6 Å². The van der Waals surface area contributed by atoms with Crippen LogP contribution in [0.2, 0.25) is 0 Å². The summed E-state index contributed by atoms with van der Waals surface area (Å²) >= 11 is 0. The predicted molar refractivity (Wildman–Crippen MR) is 67.0 cm³/mol. The van der Waals surface area contributed by atoms with Crippen LogP contribution in [-0.4, -0.2) is 30.0 Å². The summed E-state index contributed by atoms with van der Waals surface area (Å²) < 4.78 is 4.49. The highest BCUT2D eigenvalue weighted by molar-refractivity contribution is 5.99. The Kier molecular flexibility index (Phi) is 4.57. The van der Waals surface area contributed by atoms with Crippen LogP contribution in [0.3, 0.4) is 0 Å². The second-order valence-electron chi connectivity index (χ2n) is 4.15. The van der Waals surface area contributed by atoms with Gasteiger partial charge >= 0.3 is 5.97 Å². The maximum Gasteiger partial charge on any atom is 0.338 e. The zero-order valence-corrected chi connectivity index (χ0v) is 10.8. The number of amides is 1. The van der Waals surface area contributed by atoms with Crippen molar-refractivity contribution in [2.24, 2.45) is 0 Å². The number of methoxy groups -OCH3 is 1. The summed E-state index contributed by atoms with van der Waals surface area (Å²) in [5.74, 6) is -1.22. The minimum absolute atomic E-state index is 0.0365. The first-order valence-electron chi connectivity index (χ1n) is 5.53. The number of nitrogens with zero attached hydrogens (tertiary/aromatic N) is 1. The van der Waals surface area contributed by atoms with E-state index < -0.39 is 16.8 Å². The average molecular weight is 266 g/mol. The van der Waals surface area contributed by atoms with Crippen LogP contribution in [0.4, 0.5) is 5.69 Å². The zero-order chi connectivity index (χ0) is 14.6. The van der Waals surface area contributed by atoms with Crippen LogP contribution >= 0.6 is 0 Å². The number of non-ortho nitro benzene ring substituents is 1. The molecular weight excluding hydrogens is 252 g/mol. The number of ether oxygens (including phenoxy) is 1. The molecule has 0 spiro atoms. The van der Waals surface area contributed by atoms with E-state index >= 15 is 0 Å². The van der Waals surface area contributed by atoms with E-state index in [2.05, 4.69) is 10.1 Å². The van der Waals surface area contributed by atoms with Crippen molar-refractivity contribution in [1.29, 1.82) is 0 Å². The Bertz CT molecular complexity index is 525. The lowest BCUT2D eigenvalue weighted by atomic mass is 10.1. The standard InChI is InChI=1S/C12H14N2O5/c1-7(2)13-11(15)8-4-9(12(16)19-3)6-10(5-8)14(17)18/h4-7H,1-3H3,(H,13,15). The molecule has 0 bridgehead atoms. The molecule has 0 saturated carbocycles. The van der Waals surface area contributed by atoms with Crippen molar-refractivity contribution in [2.45, 2.75) is 19.9 Å². The van der Waals surface area contributed by atoms with Gasteiger partial charge in [-0.25, -0.2) is 4.79 Å². The number of carbonyl (C=O) groups is 2. The molecule has 0 radical (unpaired) electrons. The quantitative estimate of drug-likeness (QED) is 0.506. The molecular formula is C12H14N2O5. The molecule has 0 aliphatic heterocycles. The van der Waals surface area contributed by atoms with Crippen LogP contribution in [0.1, 0.15) is 34.6 Å². The van der Waals surface area contributed by atoms with Crippen molar-refractivity contribution >= 4 is 17.6 Å². The number of nitrogens with one attached hydrogen (secondary N) is 1. The Morgan fingerprint density at radius 2 is 1.84 bits per heavy atom. The molecule has 1 aromatic rings. The van der Waals surface area contributed by atoms with Crippen molar-refractivity contribution in [2.75, 3.05) is 7.11 Å². The van der Waals surface area contributed by atoms with Crippen molar-refractivity contribution < 1.29 is 19.2 Å². The van der Waals surface area contributed by atoms with E-state index in [1.165, 1.54) is 6.07 Å². The molecule has 1 rings (SSSR count). The van der Waals surface area contributed by atoms with Gasteiger partial charge in [0.1, 0.15) is 0 Å². The molecule has 1 amide bonds. The lowest BCUT2D eigenvalue weighted by Gasteiger charge is -2.09. The van der Waals surface area contributed by atoms with Crippen LogP contribution in [0, 0.1) is 10.1 Å². The summed E-state index contributed by atoms with van der Waals surface area (Å²) in [5.41, 5.74) is -0.328. The van der Waals surface area contributed by atoms with Gasteiger partial charge in [0.05, 0.1) is 17.6 Å². The fourth-order valence-electron chi connectivity index (χ4n) is 1.43. The summed E-state index contributed by atoms with van der Waals surface area (Å²) in [4.78, 5) is 33.3. The molecule has 0 aromatic heterocycles. The molecule has 0 fully saturated rings. The number of nitro groups is 1. The molecule has 7 heteroatoms. The molecule has 0 unspecified atom stereocenters. The third-order valence-corrected chi connectivity index (χ3v) is 2.23. The minimum atomic E-state index is -0.734. The third kappa shape index (κ3) is 3.77. The first kappa shape index (κ1) is 14.6.